The highest BCUT2D eigenvalue weighted by Crippen LogP contribution is 2.27. The third kappa shape index (κ3) is 6.27. The number of ether oxygens (including phenoxy) is 3. The van der Waals surface area contributed by atoms with Crippen LogP contribution in [0.25, 0.3) is 0 Å². The van der Waals surface area contributed by atoms with Gasteiger partial charge in [0.25, 0.3) is 5.91 Å². The van der Waals surface area contributed by atoms with E-state index in [4.69, 9.17) is 14.2 Å². The molecular formula is C24H30N2O7S. The molecule has 0 radical (unpaired) electrons. The number of carbonyl (C=O) groups excluding carboxylic acids is 2. The van der Waals surface area contributed by atoms with Gasteiger partial charge in [0.15, 0.2) is 6.61 Å². The number of anilines is 1. The van der Waals surface area contributed by atoms with Crippen LogP contribution in [0.2, 0.25) is 0 Å². The van der Waals surface area contributed by atoms with Gasteiger partial charge >= 0.3 is 5.97 Å². The first-order valence-corrected chi connectivity index (χ1v) is 12.4. The number of benzene rings is 2. The highest BCUT2D eigenvalue weighted by Gasteiger charge is 2.31. The van der Waals surface area contributed by atoms with Crippen LogP contribution in [-0.4, -0.2) is 58.5 Å². The van der Waals surface area contributed by atoms with E-state index in [0.29, 0.717) is 30.3 Å². The first-order chi connectivity index (χ1) is 16.1. The number of rotatable bonds is 8. The average Bonchev–Trinajstić information content (AvgIpc) is 2.81. The maximum atomic E-state index is 13.0. The van der Waals surface area contributed by atoms with Crippen LogP contribution in [-0.2, 0) is 19.6 Å². The van der Waals surface area contributed by atoms with Gasteiger partial charge < -0.3 is 19.5 Å². The number of methoxy groups -OCH3 is 2. The van der Waals surface area contributed by atoms with E-state index < -0.39 is 28.5 Å². The molecule has 2 aromatic carbocycles. The van der Waals surface area contributed by atoms with E-state index in [-0.39, 0.29) is 22.3 Å². The van der Waals surface area contributed by atoms with Gasteiger partial charge in [-0.2, -0.15) is 4.31 Å². The number of esters is 1. The third-order valence-electron chi connectivity index (χ3n) is 5.53. The number of hydrogen-bond donors (Lipinski definition) is 1. The molecule has 1 fully saturated rings. The van der Waals surface area contributed by atoms with Crippen LogP contribution >= 0.6 is 0 Å². The van der Waals surface area contributed by atoms with E-state index in [1.807, 2.05) is 13.8 Å². The standard InChI is InChI=1S/C24H30N2O7S/c1-16-9-17(2)14-26(13-16)34(29,30)22-7-5-18(6-8-22)24(28)33-15-23(27)25-19-10-20(31-3)12-21(11-19)32-4/h5-8,10-12,16-17H,9,13-15H2,1-4H3,(H,25,27). The van der Waals surface area contributed by atoms with Crippen molar-refractivity contribution in [2.24, 2.45) is 11.8 Å². The molecule has 1 N–H and O–H groups in total. The number of nitrogens with zero attached hydrogens (tertiary/aromatic N) is 1. The lowest BCUT2D eigenvalue weighted by Crippen LogP contribution is -2.42. The molecule has 0 spiro atoms. The Morgan fingerprint density at radius 2 is 1.53 bits per heavy atom. The lowest BCUT2D eigenvalue weighted by Gasteiger charge is -2.34. The van der Waals surface area contributed by atoms with E-state index in [9.17, 15) is 18.0 Å². The molecule has 2 atom stereocenters. The van der Waals surface area contributed by atoms with E-state index >= 15 is 0 Å². The molecule has 1 saturated heterocycles. The van der Waals surface area contributed by atoms with Crippen LogP contribution in [0.3, 0.4) is 0 Å². The second-order valence-electron chi connectivity index (χ2n) is 8.52. The van der Waals surface area contributed by atoms with Gasteiger partial charge in [-0.15, -0.1) is 0 Å². The second-order valence-corrected chi connectivity index (χ2v) is 10.5. The summed E-state index contributed by atoms with van der Waals surface area (Å²) in [5.74, 6) is 0.290. The average molecular weight is 491 g/mol. The molecule has 10 heteroatoms. The first-order valence-electron chi connectivity index (χ1n) is 10.9. The Kier molecular flexibility index (Phi) is 8.16. The monoisotopic (exact) mass is 490 g/mol. The van der Waals surface area contributed by atoms with Crippen LogP contribution < -0.4 is 14.8 Å². The van der Waals surface area contributed by atoms with Crippen molar-refractivity contribution in [2.75, 3.05) is 39.2 Å². The summed E-state index contributed by atoms with van der Waals surface area (Å²) in [4.78, 5) is 24.7. The minimum absolute atomic E-state index is 0.120. The predicted molar refractivity (Wildman–Crippen MR) is 127 cm³/mol. The van der Waals surface area contributed by atoms with Gasteiger partial charge in [0.05, 0.1) is 24.7 Å². The smallest absolute Gasteiger partial charge is 0.338 e. The summed E-state index contributed by atoms with van der Waals surface area (Å²) < 4.78 is 42.8. The predicted octanol–water partition coefficient (Wildman–Crippen LogP) is 3.17. The summed E-state index contributed by atoms with van der Waals surface area (Å²) in [6.45, 7) is 4.52. The van der Waals surface area contributed by atoms with Crippen LogP contribution in [0, 0.1) is 11.8 Å². The van der Waals surface area contributed by atoms with Crippen molar-refractivity contribution < 1.29 is 32.2 Å². The summed E-state index contributed by atoms with van der Waals surface area (Å²) in [5.41, 5.74) is 0.573. The molecule has 0 aliphatic carbocycles. The molecule has 3 rings (SSSR count). The molecule has 2 aromatic rings. The summed E-state index contributed by atoms with van der Waals surface area (Å²) >= 11 is 0. The Bertz CT molecular complexity index is 1100. The molecule has 1 aliphatic heterocycles. The van der Waals surface area contributed by atoms with E-state index in [0.717, 1.165) is 6.42 Å². The van der Waals surface area contributed by atoms with Gasteiger partial charge in [0, 0.05) is 37.0 Å². The van der Waals surface area contributed by atoms with E-state index in [2.05, 4.69) is 5.32 Å². The van der Waals surface area contributed by atoms with E-state index in [1.165, 1.54) is 42.8 Å². The Hall–Kier alpha value is -3.11. The molecule has 1 heterocycles. The van der Waals surface area contributed by atoms with Crippen molar-refractivity contribution in [3.8, 4) is 11.5 Å². The molecule has 0 aromatic heterocycles. The normalized spacial score (nSPS) is 18.7. The fourth-order valence-corrected chi connectivity index (χ4v) is 5.68. The second kappa shape index (κ2) is 10.9. The number of amides is 1. The van der Waals surface area contributed by atoms with Crippen LogP contribution in [0.4, 0.5) is 5.69 Å². The number of carbonyl (C=O) groups is 2. The van der Waals surface area contributed by atoms with Crippen molar-refractivity contribution in [3.63, 3.8) is 0 Å². The van der Waals surface area contributed by atoms with Crippen LogP contribution in [0.15, 0.2) is 47.4 Å². The molecule has 1 aliphatic rings. The van der Waals surface area contributed by atoms with Gasteiger partial charge in [-0.3, -0.25) is 4.79 Å². The molecule has 0 bridgehead atoms. The summed E-state index contributed by atoms with van der Waals surface area (Å²) in [7, 11) is -0.661. The van der Waals surface area contributed by atoms with Gasteiger partial charge in [-0.25, -0.2) is 13.2 Å². The number of sulfonamides is 1. The molecule has 9 nitrogen and oxygen atoms in total. The Labute approximate surface area is 200 Å². The van der Waals surface area contributed by atoms with Gasteiger partial charge in [0.1, 0.15) is 11.5 Å². The van der Waals surface area contributed by atoms with Crippen LogP contribution in [0.5, 0.6) is 11.5 Å². The van der Waals surface area contributed by atoms with Crippen molar-refractivity contribution in [2.45, 2.75) is 25.2 Å². The third-order valence-corrected chi connectivity index (χ3v) is 7.38. The molecule has 0 saturated carbocycles. The maximum absolute atomic E-state index is 13.0. The fraction of sp³-hybridized carbons (Fsp3) is 0.417. The molecule has 34 heavy (non-hydrogen) atoms. The summed E-state index contributed by atoms with van der Waals surface area (Å²) in [6, 6.07) is 10.4. The van der Waals surface area contributed by atoms with Crippen molar-refractivity contribution >= 4 is 27.6 Å². The SMILES string of the molecule is COc1cc(NC(=O)COC(=O)c2ccc(S(=O)(=O)N3CC(C)CC(C)C3)cc2)cc(OC)c1. The topological polar surface area (TPSA) is 111 Å². The molecular weight excluding hydrogens is 460 g/mol. The quantitative estimate of drug-likeness (QED) is 0.566. The molecule has 2 unspecified atom stereocenters. The number of piperidine rings is 1. The number of hydrogen-bond acceptors (Lipinski definition) is 7. The van der Waals surface area contributed by atoms with Crippen molar-refractivity contribution in [3.05, 3.63) is 48.0 Å². The largest absolute Gasteiger partial charge is 0.497 e. The van der Waals surface area contributed by atoms with Crippen molar-refractivity contribution in [1.29, 1.82) is 0 Å². The fourth-order valence-electron chi connectivity index (χ4n) is 4.01. The summed E-state index contributed by atoms with van der Waals surface area (Å²) in [6.07, 6.45) is 0.996. The Morgan fingerprint density at radius 3 is 2.06 bits per heavy atom. The Morgan fingerprint density at radius 1 is 0.971 bits per heavy atom. The molecule has 184 valence electrons. The lowest BCUT2D eigenvalue weighted by atomic mass is 9.94. The van der Waals surface area contributed by atoms with Gasteiger partial charge in [-0.05, 0) is 42.5 Å². The van der Waals surface area contributed by atoms with E-state index in [1.54, 1.807) is 18.2 Å². The van der Waals surface area contributed by atoms with Crippen molar-refractivity contribution in [1.82, 2.24) is 4.31 Å². The Balaban J connectivity index is 1.59. The van der Waals surface area contributed by atoms with Gasteiger partial charge in [0.2, 0.25) is 10.0 Å². The highest BCUT2D eigenvalue weighted by atomic mass is 32.2. The summed E-state index contributed by atoms with van der Waals surface area (Å²) in [5, 5.41) is 2.61. The first kappa shape index (κ1) is 25.5. The minimum Gasteiger partial charge on any atom is -0.497 e. The highest BCUT2D eigenvalue weighted by molar-refractivity contribution is 7.89. The minimum atomic E-state index is -3.65. The molecule has 1 amide bonds. The zero-order chi connectivity index (χ0) is 24.9. The van der Waals surface area contributed by atoms with Gasteiger partial charge in [-0.1, -0.05) is 13.8 Å². The van der Waals surface area contributed by atoms with Crippen LogP contribution in [0.1, 0.15) is 30.6 Å². The maximum Gasteiger partial charge on any atom is 0.338 e. The number of nitrogens with one attached hydrogen (secondary N) is 1. The zero-order valence-corrected chi connectivity index (χ0v) is 20.6. The lowest BCUT2D eigenvalue weighted by molar-refractivity contribution is -0.119. The zero-order valence-electron chi connectivity index (χ0n) is 19.7.